The Balaban J connectivity index is 2.31. The van der Waals surface area contributed by atoms with Crippen molar-refractivity contribution < 1.29 is 4.39 Å². The molecule has 19 heavy (non-hydrogen) atoms. The highest BCUT2D eigenvalue weighted by Crippen LogP contribution is 2.29. The van der Waals surface area contributed by atoms with Crippen LogP contribution in [0.5, 0.6) is 0 Å². The van der Waals surface area contributed by atoms with Gasteiger partial charge in [-0.2, -0.15) is 0 Å². The molecule has 3 rings (SSSR count). The van der Waals surface area contributed by atoms with Crippen LogP contribution in [0.2, 0.25) is 0 Å². The van der Waals surface area contributed by atoms with E-state index in [1.807, 2.05) is 19.2 Å². The summed E-state index contributed by atoms with van der Waals surface area (Å²) in [6, 6.07) is 8.25. The molecule has 0 radical (unpaired) electrons. The standard InChI is InChI=1S/C14H11BrFN3/c1-8-5-10(15)7-19-13(17)12(18-14(8)19)9-3-2-4-11(16)6-9/h2-7H,17H2,1H3. The fourth-order valence-electron chi connectivity index (χ4n) is 2.13. The summed E-state index contributed by atoms with van der Waals surface area (Å²) in [6.45, 7) is 1.96. The smallest absolute Gasteiger partial charge is 0.142 e. The van der Waals surface area contributed by atoms with Gasteiger partial charge in [-0.15, -0.1) is 0 Å². The SMILES string of the molecule is Cc1cc(Br)cn2c(N)c(-c3cccc(F)c3)nc12. The lowest BCUT2D eigenvalue weighted by Gasteiger charge is -2.01. The van der Waals surface area contributed by atoms with Crippen LogP contribution < -0.4 is 5.73 Å². The van der Waals surface area contributed by atoms with Crippen molar-refractivity contribution >= 4 is 27.4 Å². The first-order valence-electron chi connectivity index (χ1n) is 5.76. The molecule has 5 heteroatoms. The van der Waals surface area contributed by atoms with Crippen molar-refractivity contribution in [1.82, 2.24) is 9.38 Å². The summed E-state index contributed by atoms with van der Waals surface area (Å²) in [7, 11) is 0. The summed E-state index contributed by atoms with van der Waals surface area (Å²) in [6.07, 6.45) is 1.85. The Morgan fingerprint density at radius 3 is 2.84 bits per heavy atom. The van der Waals surface area contributed by atoms with Gasteiger partial charge in [0.25, 0.3) is 0 Å². The molecule has 2 N–H and O–H groups in total. The summed E-state index contributed by atoms with van der Waals surface area (Å²) in [5.41, 5.74) is 9.17. The highest BCUT2D eigenvalue weighted by Gasteiger charge is 2.13. The van der Waals surface area contributed by atoms with Gasteiger partial charge < -0.3 is 5.73 Å². The van der Waals surface area contributed by atoms with E-state index in [2.05, 4.69) is 20.9 Å². The molecule has 0 bridgehead atoms. The van der Waals surface area contributed by atoms with E-state index in [1.54, 1.807) is 16.5 Å². The minimum Gasteiger partial charge on any atom is -0.383 e. The molecule has 0 saturated carbocycles. The molecule has 0 unspecified atom stereocenters. The Labute approximate surface area is 118 Å². The van der Waals surface area contributed by atoms with Crippen LogP contribution in [0.15, 0.2) is 41.0 Å². The van der Waals surface area contributed by atoms with E-state index in [1.165, 1.54) is 12.1 Å². The fourth-order valence-corrected chi connectivity index (χ4v) is 2.68. The Morgan fingerprint density at radius 2 is 2.11 bits per heavy atom. The number of pyridine rings is 1. The monoisotopic (exact) mass is 319 g/mol. The van der Waals surface area contributed by atoms with Crippen LogP contribution in [-0.4, -0.2) is 9.38 Å². The average Bonchev–Trinajstić information content (AvgIpc) is 2.68. The number of aromatic nitrogens is 2. The maximum atomic E-state index is 13.3. The zero-order chi connectivity index (χ0) is 13.6. The second kappa shape index (κ2) is 4.35. The number of hydrogen-bond acceptors (Lipinski definition) is 2. The van der Waals surface area contributed by atoms with Gasteiger partial charge in [-0.1, -0.05) is 12.1 Å². The number of fused-ring (bicyclic) bond motifs is 1. The molecule has 0 fully saturated rings. The maximum absolute atomic E-state index is 13.3. The highest BCUT2D eigenvalue weighted by atomic mass is 79.9. The third kappa shape index (κ3) is 2.00. The van der Waals surface area contributed by atoms with Crippen molar-refractivity contribution in [2.75, 3.05) is 5.73 Å². The van der Waals surface area contributed by atoms with Crippen molar-refractivity contribution in [2.24, 2.45) is 0 Å². The molecular weight excluding hydrogens is 309 g/mol. The number of imidazole rings is 1. The minimum absolute atomic E-state index is 0.299. The van der Waals surface area contributed by atoms with Crippen molar-refractivity contribution in [3.8, 4) is 11.3 Å². The Morgan fingerprint density at radius 1 is 1.32 bits per heavy atom. The number of nitrogens with zero attached hydrogens (tertiary/aromatic N) is 2. The van der Waals surface area contributed by atoms with E-state index in [0.29, 0.717) is 17.1 Å². The largest absolute Gasteiger partial charge is 0.383 e. The van der Waals surface area contributed by atoms with Gasteiger partial charge in [0.05, 0.1) is 0 Å². The summed E-state index contributed by atoms with van der Waals surface area (Å²) < 4.78 is 16.0. The molecule has 0 saturated heterocycles. The quantitative estimate of drug-likeness (QED) is 0.741. The highest BCUT2D eigenvalue weighted by molar-refractivity contribution is 9.10. The van der Waals surface area contributed by atoms with Crippen LogP contribution in [0.25, 0.3) is 16.9 Å². The van der Waals surface area contributed by atoms with Crippen molar-refractivity contribution in [1.29, 1.82) is 0 Å². The third-order valence-corrected chi connectivity index (χ3v) is 3.44. The van der Waals surface area contributed by atoms with E-state index in [0.717, 1.165) is 15.7 Å². The first-order valence-corrected chi connectivity index (χ1v) is 6.55. The van der Waals surface area contributed by atoms with Gasteiger partial charge in [0, 0.05) is 16.2 Å². The van der Waals surface area contributed by atoms with Crippen LogP contribution in [0, 0.1) is 12.7 Å². The molecular formula is C14H11BrFN3. The normalized spacial score (nSPS) is 11.1. The topological polar surface area (TPSA) is 43.3 Å². The number of nitrogens with two attached hydrogens (primary N) is 1. The molecule has 0 aliphatic carbocycles. The number of rotatable bonds is 1. The second-order valence-corrected chi connectivity index (χ2v) is 5.31. The van der Waals surface area contributed by atoms with Crippen LogP contribution in [-0.2, 0) is 0 Å². The number of aryl methyl sites for hydroxylation is 1. The number of halogens is 2. The van der Waals surface area contributed by atoms with Gasteiger partial charge in [0.1, 0.15) is 23.0 Å². The van der Waals surface area contributed by atoms with Gasteiger partial charge in [-0.25, -0.2) is 9.37 Å². The minimum atomic E-state index is -0.299. The molecule has 3 aromatic rings. The Kier molecular flexibility index (Phi) is 2.78. The van der Waals surface area contributed by atoms with Crippen LogP contribution in [0.3, 0.4) is 0 Å². The lowest BCUT2D eigenvalue weighted by molar-refractivity contribution is 0.628. The first-order chi connectivity index (χ1) is 9.06. The van der Waals surface area contributed by atoms with Gasteiger partial charge in [-0.3, -0.25) is 4.40 Å². The first kappa shape index (κ1) is 12.2. The van der Waals surface area contributed by atoms with Crippen LogP contribution in [0.4, 0.5) is 10.2 Å². The number of anilines is 1. The van der Waals surface area contributed by atoms with E-state index >= 15 is 0 Å². The summed E-state index contributed by atoms with van der Waals surface area (Å²) >= 11 is 3.43. The molecule has 0 spiro atoms. The molecule has 0 amide bonds. The molecule has 96 valence electrons. The second-order valence-electron chi connectivity index (χ2n) is 4.39. The Hall–Kier alpha value is -1.88. The zero-order valence-corrected chi connectivity index (χ0v) is 11.8. The van der Waals surface area contributed by atoms with Crippen molar-refractivity contribution in [2.45, 2.75) is 6.92 Å². The van der Waals surface area contributed by atoms with Gasteiger partial charge in [-0.05, 0) is 46.6 Å². The molecule has 0 aliphatic rings. The van der Waals surface area contributed by atoms with Crippen LogP contribution >= 0.6 is 15.9 Å². The number of hydrogen-bond donors (Lipinski definition) is 1. The lowest BCUT2D eigenvalue weighted by Crippen LogP contribution is -1.95. The molecule has 0 atom stereocenters. The molecule has 2 heterocycles. The summed E-state index contributed by atoms with van der Waals surface area (Å²) in [5, 5.41) is 0. The van der Waals surface area contributed by atoms with Gasteiger partial charge >= 0.3 is 0 Å². The Bertz CT molecular complexity index is 780. The number of benzene rings is 1. The zero-order valence-electron chi connectivity index (χ0n) is 10.2. The van der Waals surface area contributed by atoms with E-state index in [9.17, 15) is 4.39 Å². The predicted octanol–water partition coefficient (Wildman–Crippen LogP) is 3.79. The van der Waals surface area contributed by atoms with Crippen molar-refractivity contribution in [3.05, 3.63) is 52.4 Å². The van der Waals surface area contributed by atoms with Crippen molar-refractivity contribution in [3.63, 3.8) is 0 Å². The molecule has 1 aromatic carbocycles. The maximum Gasteiger partial charge on any atom is 0.142 e. The molecule has 0 aliphatic heterocycles. The third-order valence-electron chi connectivity index (χ3n) is 3.01. The van der Waals surface area contributed by atoms with E-state index in [4.69, 9.17) is 5.73 Å². The summed E-state index contributed by atoms with van der Waals surface area (Å²) in [5.74, 6) is 0.205. The fraction of sp³-hybridized carbons (Fsp3) is 0.0714. The molecule has 2 aromatic heterocycles. The van der Waals surface area contributed by atoms with Gasteiger partial charge in [0.15, 0.2) is 0 Å². The number of nitrogen functional groups attached to an aromatic ring is 1. The lowest BCUT2D eigenvalue weighted by atomic mass is 10.1. The summed E-state index contributed by atoms with van der Waals surface area (Å²) in [4.78, 5) is 4.51. The van der Waals surface area contributed by atoms with E-state index < -0.39 is 0 Å². The van der Waals surface area contributed by atoms with E-state index in [-0.39, 0.29) is 5.82 Å². The van der Waals surface area contributed by atoms with Gasteiger partial charge in [0.2, 0.25) is 0 Å². The average molecular weight is 320 g/mol. The predicted molar refractivity (Wildman–Crippen MR) is 77.4 cm³/mol. The molecule has 3 nitrogen and oxygen atoms in total. The van der Waals surface area contributed by atoms with Crippen LogP contribution in [0.1, 0.15) is 5.56 Å².